The third-order valence-electron chi connectivity index (χ3n) is 24.7. The van der Waals surface area contributed by atoms with E-state index in [2.05, 4.69) is 294 Å². The van der Waals surface area contributed by atoms with E-state index in [-0.39, 0.29) is 21.8 Å². The Labute approximate surface area is 693 Å². The van der Waals surface area contributed by atoms with E-state index in [1.54, 1.807) is 4.57 Å². The molecule has 118 heavy (non-hydrogen) atoms. The van der Waals surface area contributed by atoms with Crippen molar-refractivity contribution >= 4 is 167 Å². The van der Waals surface area contributed by atoms with Gasteiger partial charge in [0.25, 0.3) is 6.71 Å². The van der Waals surface area contributed by atoms with Gasteiger partial charge in [0.15, 0.2) is 0 Å². The summed E-state index contributed by atoms with van der Waals surface area (Å²) in [6.07, 6.45) is 0. The molecule has 5 aromatic heterocycles. The topological polar surface area (TPSA) is 64.0 Å². The first kappa shape index (κ1) is 60.0. The van der Waals surface area contributed by atoms with E-state index in [1.165, 1.54) is 0 Å². The fourth-order valence-corrected chi connectivity index (χ4v) is 19.1. The number of hydrogen-bond acceptors (Lipinski definition) is 6. The molecule has 0 amide bonds. The minimum atomic E-state index is -0.634. The summed E-state index contributed by atoms with van der Waals surface area (Å²) < 4.78 is 107. The zero-order chi connectivity index (χ0) is 85.5. The number of fused-ring (bicyclic) bond motifs is 19. The Morgan fingerprint density at radius 1 is 0.271 bits per heavy atom. The Morgan fingerprint density at radius 2 is 0.644 bits per heavy atom. The molecule has 558 valence electrons. The Hall–Kier alpha value is -14.6. The van der Waals surface area contributed by atoms with Crippen molar-refractivity contribution < 1.29 is 28.6 Å². The first-order valence-electron chi connectivity index (χ1n) is 44.3. The standard InChI is InChI=1S/C110H76BN3O4/c1-109(2,3)71-60-84(65-27-9-7-10-28-65)105(88(62-71)82-39-25-37-80-76-33-15-23-45-100(76)117-107(80)82)113-94-57-69(67-48-53-102-86(55-67)78-35-17-21-43-98(78)115-102)47-51-90(94)111-91-52-50-73(112-92-41-19-13-31-74(92)75-32-14-20-42-93(75)112)64-95(91)114(97-59-70(58-96(113)104(97)111)68-49-54-103-87(56-68)79-36-18-22-44-99(79)116-103)106-85(66-29-11-8-12-30-66)61-72(110(4,5)6)63-89(106)83-40-26-38-81-77-34-16-24-46-101(77)118-108(81)83/h7-64H,1-6H3/i13D,14D,19D,20D,31D,32D,41D,42D. The van der Waals surface area contributed by atoms with E-state index in [0.717, 1.165) is 205 Å². The molecule has 24 rings (SSSR count). The van der Waals surface area contributed by atoms with E-state index < -0.39 is 65.9 Å². The molecule has 0 saturated heterocycles. The van der Waals surface area contributed by atoms with Crippen LogP contribution in [0.2, 0.25) is 0 Å². The van der Waals surface area contributed by atoms with Crippen LogP contribution >= 0.6 is 0 Å². The van der Waals surface area contributed by atoms with Crippen LogP contribution in [0.1, 0.15) is 63.6 Å². The quantitative estimate of drug-likeness (QED) is 0.134. The van der Waals surface area contributed by atoms with Crippen molar-refractivity contribution in [2.45, 2.75) is 52.4 Å². The molecule has 0 unspecified atom stereocenters. The monoisotopic (exact) mass is 1520 g/mol. The Bertz CT molecular complexity index is 8440. The molecule has 0 aliphatic carbocycles. The van der Waals surface area contributed by atoms with Crippen LogP contribution in [0.5, 0.6) is 0 Å². The van der Waals surface area contributed by atoms with Gasteiger partial charge < -0.3 is 32.0 Å². The lowest BCUT2D eigenvalue weighted by molar-refractivity contribution is 0.590. The average molecular weight is 1520 g/mol. The molecule has 7 nitrogen and oxygen atoms in total. The molecule has 0 fully saturated rings. The zero-order valence-corrected chi connectivity index (χ0v) is 65.4. The van der Waals surface area contributed by atoms with Crippen LogP contribution in [0.3, 0.4) is 0 Å². The summed E-state index contributed by atoms with van der Waals surface area (Å²) in [5.41, 5.74) is 26.3. The summed E-state index contributed by atoms with van der Waals surface area (Å²) in [5, 5.41) is 7.73. The zero-order valence-electron chi connectivity index (χ0n) is 73.4. The summed E-state index contributed by atoms with van der Waals surface area (Å²) >= 11 is 0. The molecule has 7 heterocycles. The second-order valence-corrected chi connectivity index (χ2v) is 33.6. The second kappa shape index (κ2) is 25.5. The number of furan rings is 4. The van der Waals surface area contributed by atoms with Gasteiger partial charge in [-0.25, -0.2) is 0 Å². The van der Waals surface area contributed by atoms with Gasteiger partial charge in [0.2, 0.25) is 0 Å². The molecule has 22 aromatic rings. The number of benzene rings is 17. The molecule has 0 bridgehead atoms. The number of hydrogen-bond donors (Lipinski definition) is 0. The lowest BCUT2D eigenvalue weighted by atomic mass is 9.33. The predicted octanol–water partition coefficient (Wildman–Crippen LogP) is 29.1. The third kappa shape index (κ3) is 10.3. The van der Waals surface area contributed by atoms with Crippen molar-refractivity contribution in [1.82, 2.24) is 4.57 Å². The van der Waals surface area contributed by atoms with E-state index in [9.17, 15) is 11.0 Å². The highest BCUT2D eigenvalue weighted by atomic mass is 16.3. The minimum Gasteiger partial charge on any atom is -0.456 e. The number of rotatable bonds is 9. The lowest BCUT2D eigenvalue weighted by Crippen LogP contribution is -2.61. The van der Waals surface area contributed by atoms with Gasteiger partial charge >= 0.3 is 0 Å². The molecule has 0 radical (unpaired) electrons. The SMILES string of the molecule is [2H]c1c([2H])c([2H])c2c(c1[2H])c1c([2H])c([2H])c([2H])c([2H])c1n2-c1ccc2c(c1)N(c1c(-c3ccccc3)cc(C(C)(C)C)cc1-c1cccc3c1oc1ccccc13)c1cc(-c3ccc4oc5ccccc5c4c3)cc3c1B2c1ccc(-c2ccc4oc5ccccc5c4c2)cc1N3c1c(-c2ccccc2)cc(C(C)(C)C)cc1-c1cccc2c1oc1ccccc12. The van der Waals surface area contributed by atoms with Crippen molar-refractivity contribution in [2.75, 3.05) is 9.80 Å². The first-order valence-corrected chi connectivity index (χ1v) is 40.3. The van der Waals surface area contributed by atoms with Gasteiger partial charge in [0, 0.05) is 116 Å². The van der Waals surface area contributed by atoms with Crippen LogP contribution in [0.4, 0.5) is 34.1 Å². The van der Waals surface area contributed by atoms with Gasteiger partial charge in [0.05, 0.1) is 33.4 Å². The molecule has 0 spiro atoms. The number of aromatic nitrogens is 1. The molecule has 0 saturated carbocycles. The second-order valence-electron chi connectivity index (χ2n) is 33.6. The molecular formula is C110H76BN3O4. The molecule has 17 aromatic carbocycles. The maximum Gasteiger partial charge on any atom is 0.252 e. The number of anilines is 6. The smallest absolute Gasteiger partial charge is 0.252 e. The fraction of sp³-hybridized carbons (Fsp3) is 0.0727. The summed E-state index contributed by atoms with van der Waals surface area (Å²) in [6, 6.07) is 104. The van der Waals surface area contributed by atoms with Crippen LogP contribution in [0, 0.1) is 0 Å². The van der Waals surface area contributed by atoms with Crippen LogP contribution in [-0.4, -0.2) is 11.3 Å². The maximum absolute atomic E-state index is 10.1. The maximum atomic E-state index is 10.1. The number of nitrogens with zero attached hydrogens (tertiary/aromatic N) is 3. The van der Waals surface area contributed by atoms with Crippen LogP contribution < -0.4 is 26.2 Å². The van der Waals surface area contributed by atoms with E-state index >= 15 is 0 Å². The molecular weight excluding hydrogens is 1440 g/mol. The van der Waals surface area contributed by atoms with Crippen LogP contribution in [0.15, 0.2) is 369 Å². The normalized spacial score (nSPS) is 13.9. The Kier molecular flexibility index (Phi) is 12.9. The highest BCUT2D eigenvalue weighted by Gasteiger charge is 2.47. The van der Waals surface area contributed by atoms with Crippen molar-refractivity contribution in [3.63, 3.8) is 0 Å². The fourth-order valence-electron chi connectivity index (χ4n) is 19.1. The van der Waals surface area contributed by atoms with Crippen molar-refractivity contribution in [3.8, 4) is 72.4 Å². The van der Waals surface area contributed by atoms with Crippen molar-refractivity contribution in [1.29, 1.82) is 0 Å². The van der Waals surface area contributed by atoms with Crippen molar-refractivity contribution in [3.05, 3.63) is 363 Å². The average Bonchev–Trinajstić information content (AvgIpc) is 0.797. The van der Waals surface area contributed by atoms with Gasteiger partial charge in [-0.2, -0.15) is 0 Å². The van der Waals surface area contributed by atoms with Gasteiger partial charge in [-0.3, -0.25) is 0 Å². The Morgan fingerprint density at radius 3 is 1.13 bits per heavy atom. The summed E-state index contributed by atoms with van der Waals surface area (Å²) in [6.45, 7) is 13.0. The van der Waals surface area contributed by atoms with E-state index in [1.807, 2.05) is 60.7 Å². The third-order valence-corrected chi connectivity index (χ3v) is 24.7. The summed E-state index contributed by atoms with van der Waals surface area (Å²) in [5.74, 6) is 0. The summed E-state index contributed by atoms with van der Waals surface area (Å²) in [7, 11) is 0. The van der Waals surface area contributed by atoms with Gasteiger partial charge in [-0.1, -0.05) is 278 Å². The van der Waals surface area contributed by atoms with E-state index in [0.29, 0.717) is 17.0 Å². The first-order chi connectivity index (χ1) is 61.1. The van der Waals surface area contributed by atoms with Crippen molar-refractivity contribution in [2.24, 2.45) is 0 Å². The predicted molar refractivity (Wildman–Crippen MR) is 494 cm³/mol. The lowest BCUT2D eigenvalue weighted by Gasteiger charge is -2.46. The van der Waals surface area contributed by atoms with Crippen LogP contribution in [-0.2, 0) is 10.8 Å². The molecule has 0 N–H and O–H groups in total. The summed E-state index contributed by atoms with van der Waals surface area (Å²) in [4.78, 5) is 5.00. The number of para-hydroxylation sites is 8. The van der Waals surface area contributed by atoms with Crippen LogP contribution in [0.25, 0.3) is 182 Å². The largest absolute Gasteiger partial charge is 0.456 e. The Balaban J connectivity index is 0.916. The van der Waals surface area contributed by atoms with E-state index in [4.69, 9.17) is 17.7 Å². The van der Waals surface area contributed by atoms with Gasteiger partial charge in [-0.15, -0.1) is 0 Å². The highest BCUT2D eigenvalue weighted by molar-refractivity contribution is 7.00. The molecule has 2 aliphatic rings. The van der Waals surface area contributed by atoms with Gasteiger partial charge in [-0.05, 0) is 187 Å². The molecule has 0 atom stereocenters. The highest BCUT2D eigenvalue weighted by Crippen LogP contribution is 2.58. The van der Waals surface area contributed by atoms with Gasteiger partial charge in [0.1, 0.15) is 44.7 Å². The molecule has 2 aliphatic heterocycles. The molecule has 8 heteroatoms. The minimum absolute atomic E-state index is 0.00262.